The molecule has 0 unspecified atom stereocenters. The van der Waals surface area contributed by atoms with Gasteiger partial charge in [-0.05, 0) is 43.3 Å². The van der Waals surface area contributed by atoms with Gasteiger partial charge in [0.25, 0.3) is 5.91 Å². The van der Waals surface area contributed by atoms with Gasteiger partial charge in [-0.25, -0.2) is 4.68 Å². The third-order valence-corrected chi connectivity index (χ3v) is 4.54. The van der Waals surface area contributed by atoms with Gasteiger partial charge in [-0.15, -0.1) is 0 Å². The second kappa shape index (κ2) is 7.28. The Labute approximate surface area is 157 Å². The van der Waals surface area contributed by atoms with Gasteiger partial charge in [0.05, 0.1) is 26.0 Å². The van der Waals surface area contributed by atoms with E-state index in [0.717, 1.165) is 17.2 Å². The van der Waals surface area contributed by atoms with Crippen molar-refractivity contribution in [3.05, 3.63) is 53.9 Å². The molecule has 0 aliphatic carbocycles. The first-order valence-corrected chi connectivity index (χ1v) is 8.84. The van der Waals surface area contributed by atoms with Crippen molar-refractivity contribution >= 4 is 5.91 Å². The van der Waals surface area contributed by atoms with Crippen LogP contribution in [0.15, 0.2) is 46.9 Å². The molecular weight excluding hydrogens is 346 g/mol. The largest absolute Gasteiger partial charge is 0.497 e. The molecule has 27 heavy (non-hydrogen) atoms. The number of rotatable bonds is 4. The summed E-state index contributed by atoms with van der Waals surface area (Å²) in [7, 11) is 1.62. The van der Waals surface area contributed by atoms with Crippen molar-refractivity contribution in [2.45, 2.75) is 6.92 Å². The number of carbonyl (C=O) groups excluding carboxylic acids is 1. The zero-order valence-corrected chi connectivity index (χ0v) is 15.3. The lowest BCUT2D eigenvalue weighted by atomic mass is 10.2. The number of carbonyl (C=O) groups is 1. The molecule has 1 aliphatic rings. The molecule has 4 rings (SSSR count). The summed E-state index contributed by atoms with van der Waals surface area (Å²) < 4.78 is 17.9. The van der Waals surface area contributed by atoms with E-state index in [1.54, 1.807) is 22.8 Å². The molecule has 0 spiro atoms. The number of nitrogens with zero attached hydrogens (tertiary/aromatic N) is 3. The molecule has 0 atom stereocenters. The minimum atomic E-state index is -0.0730. The van der Waals surface area contributed by atoms with Gasteiger partial charge in [0, 0.05) is 19.2 Å². The molecule has 0 bridgehead atoms. The standard InChI is InChI=1S/C20H21N3O4/c1-14-3-8-19(27-14)17-13-18(20(24)22-9-11-26-12-10-22)23(21-17)15-4-6-16(25-2)7-5-15/h3-8,13H,9-12H2,1-2H3. The van der Waals surface area contributed by atoms with Crippen molar-refractivity contribution < 1.29 is 18.7 Å². The molecule has 1 saturated heterocycles. The van der Waals surface area contributed by atoms with Gasteiger partial charge in [0.1, 0.15) is 22.9 Å². The zero-order chi connectivity index (χ0) is 18.8. The molecule has 1 amide bonds. The predicted molar refractivity (Wildman–Crippen MR) is 99.3 cm³/mol. The first-order chi connectivity index (χ1) is 13.2. The molecule has 1 aromatic carbocycles. The van der Waals surface area contributed by atoms with Gasteiger partial charge in [-0.2, -0.15) is 5.10 Å². The van der Waals surface area contributed by atoms with E-state index in [-0.39, 0.29) is 5.91 Å². The molecule has 140 valence electrons. The van der Waals surface area contributed by atoms with Crippen LogP contribution < -0.4 is 4.74 Å². The summed E-state index contributed by atoms with van der Waals surface area (Å²) in [6, 6.07) is 13.0. The topological polar surface area (TPSA) is 69.7 Å². The first-order valence-electron chi connectivity index (χ1n) is 8.84. The van der Waals surface area contributed by atoms with Crippen molar-refractivity contribution in [3.63, 3.8) is 0 Å². The van der Waals surface area contributed by atoms with E-state index in [0.29, 0.717) is 43.5 Å². The molecule has 3 aromatic rings. The SMILES string of the molecule is COc1ccc(-n2nc(-c3ccc(C)o3)cc2C(=O)N2CCOCC2)cc1. The summed E-state index contributed by atoms with van der Waals surface area (Å²) in [6.07, 6.45) is 0. The first kappa shape index (κ1) is 17.4. The Hall–Kier alpha value is -3.06. The number of amides is 1. The van der Waals surface area contributed by atoms with Crippen LogP contribution in [-0.2, 0) is 4.74 Å². The fourth-order valence-corrected chi connectivity index (χ4v) is 3.07. The molecule has 1 aliphatic heterocycles. The van der Waals surface area contributed by atoms with E-state index in [1.165, 1.54) is 0 Å². The Morgan fingerprint density at radius 1 is 1.11 bits per heavy atom. The minimum absolute atomic E-state index is 0.0730. The van der Waals surface area contributed by atoms with Crippen LogP contribution >= 0.6 is 0 Å². The Kier molecular flexibility index (Phi) is 4.68. The number of methoxy groups -OCH3 is 1. The second-order valence-electron chi connectivity index (χ2n) is 6.34. The fraction of sp³-hybridized carbons (Fsp3) is 0.300. The number of benzene rings is 1. The molecule has 2 aromatic heterocycles. The third-order valence-electron chi connectivity index (χ3n) is 4.54. The highest BCUT2D eigenvalue weighted by molar-refractivity contribution is 5.94. The van der Waals surface area contributed by atoms with Crippen LogP contribution in [0, 0.1) is 6.92 Å². The highest BCUT2D eigenvalue weighted by Gasteiger charge is 2.25. The van der Waals surface area contributed by atoms with Gasteiger partial charge in [0.15, 0.2) is 5.76 Å². The maximum atomic E-state index is 13.1. The smallest absolute Gasteiger partial charge is 0.272 e. The lowest BCUT2D eigenvalue weighted by molar-refractivity contribution is 0.0297. The highest BCUT2D eigenvalue weighted by atomic mass is 16.5. The maximum absolute atomic E-state index is 13.1. The monoisotopic (exact) mass is 367 g/mol. The average molecular weight is 367 g/mol. The van der Waals surface area contributed by atoms with Crippen LogP contribution in [0.4, 0.5) is 0 Å². The van der Waals surface area contributed by atoms with Gasteiger partial charge < -0.3 is 18.8 Å². The van der Waals surface area contributed by atoms with Crippen LogP contribution in [0.2, 0.25) is 0 Å². The van der Waals surface area contributed by atoms with E-state index in [9.17, 15) is 4.79 Å². The van der Waals surface area contributed by atoms with Crippen LogP contribution in [0.3, 0.4) is 0 Å². The Morgan fingerprint density at radius 3 is 2.48 bits per heavy atom. The third kappa shape index (κ3) is 3.46. The van der Waals surface area contributed by atoms with Crippen LogP contribution in [0.5, 0.6) is 5.75 Å². The summed E-state index contributed by atoms with van der Waals surface area (Å²) >= 11 is 0. The number of hydrogen-bond acceptors (Lipinski definition) is 5. The summed E-state index contributed by atoms with van der Waals surface area (Å²) in [6.45, 7) is 4.12. The number of aryl methyl sites for hydroxylation is 1. The van der Waals surface area contributed by atoms with E-state index in [2.05, 4.69) is 5.10 Å². The molecule has 0 saturated carbocycles. The van der Waals surface area contributed by atoms with E-state index in [1.807, 2.05) is 43.3 Å². The highest BCUT2D eigenvalue weighted by Crippen LogP contribution is 2.25. The lowest BCUT2D eigenvalue weighted by Crippen LogP contribution is -2.41. The van der Waals surface area contributed by atoms with Crippen LogP contribution in [0.1, 0.15) is 16.2 Å². The van der Waals surface area contributed by atoms with Gasteiger partial charge >= 0.3 is 0 Å². The average Bonchev–Trinajstić information content (AvgIpc) is 3.34. The molecule has 0 radical (unpaired) electrons. The maximum Gasteiger partial charge on any atom is 0.272 e. The quantitative estimate of drug-likeness (QED) is 0.709. The van der Waals surface area contributed by atoms with E-state index in [4.69, 9.17) is 13.9 Å². The van der Waals surface area contributed by atoms with Gasteiger partial charge in [0.2, 0.25) is 0 Å². The minimum Gasteiger partial charge on any atom is -0.497 e. The molecule has 3 heterocycles. The molecule has 0 N–H and O–H groups in total. The van der Waals surface area contributed by atoms with Gasteiger partial charge in [-0.3, -0.25) is 4.79 Å². The molecule has 7 nitrogen and oxygen atoms in total. The van der Waals surface area contributed by atoms with Crippen LogP contribution in [0.25, 0.3) is 17.1 Å². The predicted octanol–water partition coefficient (Wildman–Crippen LogP) is 2.92. The normalized spacial score (nSPS) is 14.4. The molecular formula is C20H21N3O4. The van der Waals surface area contributed by atoms with Crippen molar-refractivity contribution in [1.82, 2.24) is 14.7 Å². The fourth-order valence-electron chi connectivity index (χ4n) is 3.07. The number of morpholine rings is 1. The number of furan rings is 1. The van der Waals surface area contributed by atoms with Crippen LogP contribution in [-0.4, -0.2) is 54.0 Å². The Balaban J connectivity index is 1.76. The molecule has 7 heteroatoms. The van der Waals surface area contributed by atoms with Crippen molar-refractivity contribution in [2.75, 3.05) is 33.4 Å². The number of hydrogen-bond donors (Lipinski definition) is 0. The summed E-state index contributed by atoms with van der Waals surface area (Å²) in [5, 5.41) is 4.64. The van der Waals surface area contributed by atoms with Crippen molar-refractivity contribution in [3.8, 4) is 22.9 Å². The summed E-state index contributed by atoms with van der Waals surface area (Å²) in [5.74, 6) is 2.10. The Bertz CT molecular complexity index is 937. The second-order valence-corrected chi connectivity index (χ2v) is 6.34. The van der Waals surface area contributed by atoms with Crippen molar-refractivity contribution in [1.29, 1.82) is 0 Å². The zero-order valence-electron chi connectivity index (χ0n) is 15.3. The number of aromatic nitrogens is 2. The van der Waals surface area contributed by atoms with E-state index < -0.39 is 0 Å². The molecule has 1 fully saturated rings. The number of ether oxygens (including phenoxy) is 2. The lowest BCUT2D eigenvalue weighted by Gasteiger charge is -2.26. The Morgan fingerprint density at radius 2 is 1.85 bits per heavy atom. The van der Waals surface area contributed by atoms with E-state index >= 15 is 0 Å². The van der Waals surface area contributed by atoms with Crippen molar-refractivity contribution in [2.24, 2.45) is 0 Å². The summed E-state index contributed by atoms with van der Waals surface area (Å²) in [5.41, 5.74) is 1.89. The van der Waals surface area contributed by atoms with Gasteiger partial charge in [-0.1, -0.05) is 0 Å². The summed E-state index contributed by atoms with van der Waals surface area (Å²) in [4.78, 5) is 14.9.